The quantitative estimate of drug-likeness (QED) is 0.657. The van der Waals surface area contributed by atoms with E-state index in [1.807, 2.05) is 5.32 Å². The monoisotopic (exact) mass is 205 g/mol. The smallest absolute Gasteiger partial charge is 0.319 e. The molecule has 0 unspecified atom stereocenters. The zero-order valence-electron chi connectivity index (χ0n) is 7.54. The van der Waals surface area contributed by atoms with E-state index in [0.29, 0.717) is 5.52 Å². The lowest BCUT2D eigenvalue weighted by molar-refractivity contribution is 0.0968. The molecule has 2 rings (SSSR count). The number of amides is 3. The van der Waals surface area contributed by atoms with Gasteiger partial charge in [-0.2, -0.15) is 5.10 Å². The van der Waals surface area contributed by atoms with Gasteiger partial charge in [0.1, 0.15) is 0 Å². The van der Waals surface area contributed by atoms with Gasteiger partial charge in [-0.1, -0.05) is 0 Å². The molecule has 76 valence electrons. The van der Waals surface area contributed by atoms with Crippen LogP contribution in [0.1, 0.15) is 10.4 Å². The summed E-state index contributed by atoms with van der Waals surface area (Å²) < 4.78 is 1.48. The molecular formula is C8H7N5O2. The highest BCUT2D eigenvalue weighted by Crippen LogP contribution is 2.07. The number of rotatable bonds is 1. The Morgan fingerprint density at radius 1 is 1.40 bits per heavy atom. The number of nitrogens with one attached hydrogen (secondary N) is 1. The Morgan fingerprint density at radius 3 is 2.93 bits per heavy atom. The SMILES string of the molecule is NC(=O)NC(=O)c1cnn2ccncc12. The van der Waals surface area contributed by atoms with Gasteiger partial charge in [0.15, 0.2) is 0 Å². The maximum atomic E-state index is 11.4. The summed E-state index contributed by atoms with van der Waals surface area (Å²) in [5.74, 6) is -0.592. The number of fused-ring (bicyclic) bond motifs is 1. The van der Waals surface area contributed by atoms with Crippen LogP contribution in [0.25, 0.3) is 5.52 Å². The molecule has 0 saturated carbocycles. The third kappa shape index (κ3) is 1.62. The Labute approximate surface area is 83.9 Å². The number of imide groups is 1. The summed E-state index contributed by atoms with van der Waals surface area (Å²) in [5.41, 5.74) is 5.59. The lowest BCUT2D eigenvalue weighted by Gasteiger charge is -1.97. The van der Waals surface area contributed by atoms with Crippen molar-refractivity contribution in [2.24, 2.45) is 5.73 Å². The Morgan fingerprint density at radius 2 is 2.20 bits per heavy atom. The zero-order chi connectivity index (χ0) is 10.8. The minimum absolute atomic E-state index is 0.252. The number of carbonyl (C=O) groups excluding carboxylic acids is 2. The molecule has 15 heavy (non-hydrogen) atoms. The Bertz CT molecular complexity index is 533. The topological polar surface area (TPSA) is 102 Å². The van der Waals surface area contributed by atoms with Crippen LogP contribution in [0.5, 0.6) is 0 Å². The van der Waals surface area contributed by atoms with Crippen molar-refractivity contribution in [3.05, 3.63) is 30.4 Å². The highest BCUT2D eigenvalue weighted by Gasteiger charge is 2.13. The standard InChI is InChI=1S/C8H7N5O2/c9-8(15)12-7(14)5-3-11-13-2-1-10-4-6(5)13/h1-4H,(H3,9,12,14,15). The summed E-state index contributed by atoms with van der Waals surface area (Å²) >= 11 is 0. The molecule has 0 atom stereocenters. The molecule has 0 radical (unpaired) electrons. The third-order valence-corrected chi connectivity index (χ3v) is 1.81. The minimum atomic E-state index is -0.900. The predicted octanol–water partition coefficient (Wildman–Crippen LogP) is -0.462. The van der Waals surface area contributed by atoms with Gasteiger partial charge >= 0.3 is 6.03 Å². The van der Waals surface area contributed by atoms with Gasteiger partial charge in [-0.3, -0.25) is 15.1 Å². The molecular weight excluding hydrogens is 198 g/mol. The van der Waals surface area contributed by atoms with Crippen LogP contribution in [-0.2, 0) is 0 Å². The van der Waals surface area contributed by atoms with Gasteiger partial charge in [-0.25, -0.2) is 9.31 Å². The van der Waals surface area contributed by atoms with E-state index < -0.39 is 11.9 Å². The van der Waals surface area contributed by atoms with E-state index in [9.17, 15) is 9.59 Å². The van der Waals surface area contributed by atoms with Gasteiger partial charge in [0.05, 0.1) is 23.5 Å². The normalized spacial score (nSPS) is 10.1. The van der Waals surface area contributed by atoms with Crippen LogP contribution in [0, 0.1) is 0 Å². The Balaban J connectivity index is 2.44. The first kappa shape index (κ1) is 9.13. The van der Waals surface area contributed by atoms with Gasteiger partial charge in [0.25, 0.3) is 5.91 Å². The summed E-state index contributed by atoms with van der Waals surface area (Å²) in [6.07, 6.45) is 5.95. The number of carbonyl (C=O) groups is 2. The molecule has 0 bridgehead atoms. The van der Waals surface area contributed by atoms with E-state index in [-0.39, 0.29) is 5.56 Å². The molecule has 0 aromatic carbocycles. The lowest BCUT2D eigenvalue weighted by Crippen LogP contribution is -2.34. The fraction of sp³-hybridized carbons (Fsp3) is 0. The van der Waals surface area contributed by atoms with Crippen molar-refractivity contribution in [1.29, 1.82) is 0 Å². The maximum Gasteiger partial charge on any atom is 0.319 e. The summed E-state index contributed by atoms with van der Waals surface area (Å²) in [5, 5.41) is 5.87. The van der Waals surface area contributed by atoms with Crippen molar-refractivity contribution in [2.75, 3.05) is 0 Å². The van der Waals surface area contributed by atoms with E-state index in [4.69, 9.17) is 5.73 Å². The van der Waals surface area contributed by atoms with Crippen molar-refractivity contribution in [1.82, 2.24) is 19.9 Å². The average Bonchev–Trinajstić information content (AvgIpc) is 2.59. The van der Waals surface area contributed by atoms with Gasteiger partial charge in [-0.05, 0) is 0 Å². The number of primary amides is 1. The predicted molar refractivity (Wildman–Crippen MR) is 50.0 cm³/mol. The molecule has 0 aliphatic carbocycles. The first-order valence-corrected chi connectivity index (χ1v) is 4.06. The molecule has 0 aliphatic rings. The number of aromatic nitrogens is 3. The molecule has 7 heteroatoms. The first-order chi connectivity index (χ1) is 7.18. The van der Waals surface area contributed by atoms with Crippen molar-refractivity contribution in [2.45, 2.75) is 0 Å². The molecule has 0 aliphatic heterocycles. The molecule has 3 amide bonds. The van der Waals surface area contributed by atoms with Crippen LogP contribution in [0.2, 0.25) is 0 Å². The molecule has 0 fully saturated rings. The number of urea groups is 1. The third-order valence-electron chi connectivity index (χ3n) is 1.81. The number of hydrogen-bond acceptors (Lipinski definition) is 4. The molecule has 0 saturated heterocycles. The van der Waals surface area contributed by atoms with Crippen molar-refractivity contribution < 1.29 is 9.59 Å². The minimum Gasteiger partial charge on any atom is -0.351 e. The van der Waals surface area contributed by atoms with Crippen molar-refractivity contribution >= 4 is 17.5 Å². The summed E-state index contributed by atoms with van der Waals surface area (Å²) in [6.45, 7) is 0. The van der Waals surface area contributed by atoms with Crippen LogP contribution in [0.15, 0.2) is 24.8 Å². The molecule has 2 aromatic heterocycles. The van der Waals surface area contributed by atoms with Crippen molar-refractivity contribution in [3.63, 3.8) is 0 Å². The number of nitrogens with two attached hydrogens (primary N) is 1. The number of hydrogen-bond donors (Lipinski definition) is 2. The maximum absolute atomic E-state index is 11.4. The van der Waals surface area contributed by atoms with Crippen LogP contribution in [-0.4, -0.2) is 26.5 Å². The first-order valence-electron chi connectivity index (χ1n) is 4.06. The second-order valence-electron chi connectivity index (χ2n) is 2.78. The van der Waals surface area contributed by atoms with Crippen molar-refractivity contribution in [3.8, 4) is 0 Å². The highest BCUT2D eigenvalue weighted by atomic mass is 16.2. The van der Waals surface area contributed by atoms with E-state index in [0.717, 1.165) is 0 Å². The summed E-state index contributed by atoms with van der Waals surface area (Å²) in [4.78, 5) is 25.8. The van der Waals surface area contributed by atoms with E-state index >= 15 is 0 Å². The zero-order valence-corrected chi connectivity index (χ0v) is 7.54. The Hall–Kier alpha value is -2.44. The van der Waals surface area contributed by atoms with Crippen LogP contribution >= 0.6 is 0 Å². The van der Waals surface area contributed by atoms with Crippen LogP contribution < -0.4 is 11.1 Å². The van der Waals surface area contributed by atoms with Gasteiger partial charge in [0.2, 0.25) is 0 Å². The molecule has 2 heterocycles. The van der Waals surface area contributed by atoms with Gasteiger partial charge in [0, 0.05) is 12.4 Å². The second kappa shape index (κ2) is 3.37. The molecule has 7 nitrogen and oxygen atoms in total. The second-order valence-corrected chi connectivity index (χ2v) is 2.78. The van der Waals surface area contributed by atoms with E-state index in [1.54, 1.807) is 6.20 Å². The average molecular weight is 205 g/mol. The lowest BCUT2D eigenvalue weighted by atomic mass is 10.3. The van der Waals surface area contributed by atoms with Crippen LogP contribution in [0.3, 0.4) is 0 Å². The fourth-order valence-electron chi connectivity index (χ4n) is 1.19. The Kier molecular flexibility index (Phi) is 2.05. The van der Waals surface area contributed by atoms with E-state index in [2.05, 4.69) is 10.1 Å². The van der Waals surface area contributed by atoms with Gasteiger partial charge < -0.3 is 5.73 Å². The molecule has 0 spiro atoms. The number of nitrogens with zero attached hydrogens (tertiary/aromatic N) is 3. The van der Waals surface area contributed by atoms with E-state index in [1.165, 1.54) is 23.1 Å². The fourth-order valence-corrected chi connectivity index (χ4v) is 1.19. The molecule has 2 aromatic rings. The molecule has 3 N–H and O–H groups in total. The summed E-state index contributed by atoms with van der Waals surface area (Å²) in [7, 11) is 0. The van der Waals surface area contributed by atoms with Gasteiger partial charge in [-0.15, -0.1) is 0 Å². The van der Waals surface area contributed by atoms with Crippen LogP contribution in [0.4, 0.5) is 4.79 Å². The highest BCUT2D eigenvalue weighted by molar-refractivity contribution is 6.07. The summed E-state index contributed by atoms with van der Waals surface area (Å²) in [6, 6.07) is -0.900. The largest absolute Gasteiger partial charge is 0.351 e.